The van der Waals surface area contributed by atoms with Gasteiger partial charge in [0.25, 0.3) is 0 Å². The maximum Gasteiger partial charge on any atom is 0.303 e. The first-order valence-corrected chi connectivity index (χ1v) is 4.31. The standard InChI is InChI=1S/C10H14O2/c1-2-8-3-5-9(6-4-8)7-10(11)12/h3-5,9H,2,6-7H2,1H3,(H,11,12). The lowest BCUT2D eigenvalue weighted by Crippen LogP contribution is -2.06. The average molecular weight is 166 g/mol. The summed E-state index contributed by atoms with van der Waals surface area (Å²) >= 11 is 0. The average Bonchev–Trinajstić information content (AvgIpc) is 2.05. The Morgan fingerprint density at radius 2 is 2.50 bits per heavy atom. The second kappa shape index (κ2) is 4.10. The molecule has 0 spiro atoms. The van der Waals surface area contributed by atoms with Crippen molar-refractivity contribution in [2.45, 2.75) is 26.2 Å². The van der Waals surface area contributed by atoms with Crippen LogP contribution in [-0.4, -0.2) is 11.1 Å². The van der Waals surface area contributed by atoms with Gasteiger partial charge in [-0.2, -0.15) is 0 Å². The van der Waals surface area contributed by atoms with Crippen LogP contribution in [0.15, 0.2) is 23.8 Å². The lowest BCUT2D eigenvalue weighted by Gasteiger charge is -2.12. The predicted molar refractivity (Wildman–Crippen MR) is 47.9 cm³/mol. The second-order valence-electron chi connectivity index (χ2n) is 3.09. The van der Waals surface area contributed by atoms with Gasteiger partial charge in [0.15, 0.2) is 0 Å². The van der Waals surface area contributed by atoms with E-state index in [0.29, 0.717) is 0 Å². The largest absolute Gasteiger partial charge is 0.481 e. The third-order valence-corrected chi connectivity index (χ3v) is 2.11. The van der Waals surface area contributed by atoms with Crippen LogP contribution in [0.4, 0.5) is 0 Å². The number of carboxylic acids is 1. The molecule has 1 rings (SSSR count). The predicted octanol–water partition coefficient (Wildman–Crippen LogP) is 2.37. The number of carbonyl (C=O) groups is 1. The summed E-state index contributed by atoms with van der Waals surface area (Å²) in [5, 5.41) is 8.53. The van der Waals surface area contributed by atoms with E-state index in [1.165, 1.54) is 5.57 Å². The molecule has 2 nitrogen and oxygen atoms in total. The van der Waals surface area contributed by atoms with Crippen LogP contribution in [0.2, 0.25) is 0 Å². The maximum atomic E-state index is 10.4. The van der Waals surface area contributed by atoms with Gasteiger partial charge in [0.05, 0.1) is 6.42 Å². The molecule has 0 radical (unpaired) electrons. The highest BCUT2D eigenvalue weighted by atomic mass is 16.4. The van der Waals surface area contributed by atoms with Crippen LogP contribution >= 0.6 is 0 Å². The summed E-state index contributed by atoms with van der Waals surface area (Å²) in [5.41, 5.74) is 1.32. The molecule has 2 heteroatoms. The highest BCUT2D eigenvalue weighted by molar-refractivity contribution is 5.67. The molecular formula is C10H14O2. The molecule has 0 saturated heterocycles. The molecule has 0 aromatic rings. The molecule has 0 aromatic carbocycles. The third-order valence-electron chi connectivity index (χ3n) is 2.11. The lowest BCUT2D eigenvalue weighted by molar-refractivity contribution is -0.137. The van der Waals surface area contributed by atoms with Crippen molar-refractivity contribution in [2.24, 2.45) is 5.92 Å². The van der Waals surface area contributed by atoms with Crippen LogP contribution < -0.4 is 0 Å². The fourth-order valence-corrected chi connectivity index (χ4v) is 1.35. The number of hydrogen-bond donors (Lipinski definition) is 1. The van der Waals surface area contributed by atoms with Crippen molar-refractivity contribution >= 4 is 5.97 Å². The van der Waals surface area contributed by atoms with E-state index in [2.05, 4.69) is 13.0 Å². The highest BCUT2D eigenvalue weighted by Crippen LogP contribution is 2.20. The van der Waals surface area contributed by atoms with Gasteiger partial charge in [-0.3, -0.25) is 4.79 Å². The van der Waals surface area contributed by atoms with Gasteiger partial charge in [-0.05, 0) is 18.8 Å². The van der Waals surface area contributed by atoms with Crippen molar-refractivity contribution in [3.63, 3.8) is 0 Å². The summed E-state index contributed by atoms with van der Waals surface area (Å²) in [6.07, 6.45) is 8.35. The van der Waals surface area contributed by atoms with Gasteiger partial charge < -0.3 is 5.11 Å². The normalized spacial score (nSPS) is 22.1. The van der Waals surface area contributed by atoms with E-state index in [4.69, 9.17) is 5.11 Å². The van der Waals surface area contributed by atoms with Gasteiger partial charge in [0, 0.05) is 0 Å². The molecule has 0 saturated carbocycles. The molecule has 0 heterocycles. The molecule has 0 amide bonds. The molecule has 0 fully saturated rings. The lowest BCUT2D eigenvalue weighted by atomic mass is 9.93. The van der Waals surface area contributed by atoms with Crippen molar-refractivity contribution in [2.75, 3.05) is 0 Å². The van der Waals surface area contributed by atoms with Gasteiger partial charge in [-0.25, -0.2) is 0 Å². The van der Waals surface area contributed by atoms with E-state index in [1.807, 2.05) is 12.2 Å². The summed E-state index contributed by atoms with van der Waals surface area (Å²) in [6.45, 7) is 2.10. The second-order valence-corrected chi connectivity index (χ2v) is 3.09. The highest BCUT2D eigenvalue weighted by Gasteiger charge is 2.11. The maximum absolute atomic E-state index is 10.4. The molecule has 1 unspecified atom stereocenters. The fraction of sp³-hybridized carbons (Fsp3) is 0.500. The van der Waals surface area contributed by atoms with Crippen molar-refractivity contribution in [3.8, 4) is 0 Å². The zero-order valence-corrected chi connectivity index (χ0v) is 7.29. The van der Waals surface area contributed by atoms with Gasteiger partial charge in [0.1, 0.15) is 0 Å². The summed E-state index contributed by atoms with van der Waals surface area (Å²) in [6, 6.07) is 0. The number of carboxylic acid groups (broad SMARTS) is 1. The third kappa shape index (κ3) is 2.53. The molecule has 12 heavy (non-hydrogen) atoms. The molecule has 1 N–H and O–H groups in total. The smallest absolute Gasteiger partial charge is 0.303 e. The Bertz CT molecular complexity index is 226. The van der Waals surface area contributed by atoms with Crippen LogP contribution in [0.5, 0.6) is 0 Å². The van der Waals surface area contributed by atoms with Gasteiger partial charge >= 0.3 is 5.97 Å². The van der Waals surface area contributed by atoms with Crippen LogP contribution in [0.1, 0.15) is 26.2 Å². The molecular weight excluding hydrogens is 152 g/mol. The summed E-state index contributed by atoms with van der Waals surface area (Å²) < 4.78 is 0. The Kier molecular flexibility index (Phi) is 3.09. The summed E-state index contributed by atoms with van der Waals surface area (Å²) in [7, 11) is 0. The monoisotopic (exact) mass is 166 g/mol. The number of rotatable bonds is 3. The molecule has 0 bridgehead atoms. The van der Waals surface area contributed by atoms with E-state index >= 15 is 0 Å². The van der Waals surface area contributed by atoms with Crippen LogP contribution in [0.25, 0.3) is 0 Å². The zero-order valence-electron chi connectivity index (χ0n) is 7.29. The molecule has 1 aliphatic carbocycles. The van der Waals surface area contributed by atoms with Crippen LogP contribution in [0.3, 0.4) is 0 Å². The van der Waals surface area contributed by atoms with Gasteiger partial charge in [-0.15, -0.1) is 0 Å². The summed E-state index contributed by atoms with van der Waals surface area (Å²) in [5.74, 6) is -0.504. The van der Waals surface area contributed by atoms with E-state index in [1.54, 1.807) is 0 Å². The minimum absolute atomic E-state index is 0.206. The first-order chi connectivity index (χ1) is 5.72. The molecule has 1 aliphatic rings. The molecule has 0 aromatic heterocycles. The van der Waals surface area contributed by atoms with E-state index in [9.17, 15) is 4.79 Å². The number of allylic oxidation sites excluding steroid dienone is 4. The fourth-order valence-electron chi connectivity index (χ4n) is 1.35. The first-order valence-electron chi connectivity index (χ1n) is 4.31. The Labute approximate surface area is 72.6 Å². The topological polar surface area (TPSA) is 37.3 Å². The van der Waals surface area contributed by atoms with Crippen molar-refractivity contribution < 1.29 is 9.90 Å². The van der Waals surface area contributed by atoms with E-state index < -0.39 is 5.97 Å². The van der Waals surface area contributed by atoms with Crippen LogP contribution in [-0.2, 0) is 4.79 Å². The Morgan fingerprint density at radius 3 is 2.92 bits per heavy atom. The summed E-state index contributed by atoms with van der Waals surface area (Å²) in [4.78, 5) is 10.4. The first kappa shape index (κ1) is 9.04. The number of hydrogen-bond acceptors (Lipinski definition) is 1. The van der Waals surface area contributed by atoms with Gasteiger partial charge in [-0.1, -0.05) is 30.7 Å². The Balaban J connectivity index is 2.43. The quantitative estimate of drug-likeness (QED) is 0.698. The van der Waals surface area contributed by atoms with Crippen molar-refractivity contribution in [1.29, 1.82) is 0 Å². The van der Waals surface area contributed by atoms with E-state index in [-0.39, 0.29) is 12.3 Å². The molecule has 0 aliphatic heterocycles. The van der Waals surface area contributed by atoms with Crippen molar-refractivity contribution in [3.05, 3.63) is 23.8 Å². The SMILES string of the molecule is CCC1=CCC(CC(=O)O)C=C1. The Morgan fingerprint density at radius 1 is 1.75 bits per heavy atom. The zero-order chi connectivity index (χ0) is 8.97. The van der Waals surface area contributed by atoms with E-state index in [0.717, 1.165) is 12.8 Å². The Hall–Kier alpha value is -1.05. The van der Waals surface area contributed by atoms with Gasteiger partial charge in [0.2, 0.25) is 0 Å². The number of aliphatic carboxylic acids is 1. The molecule has 1 atom stereocenters. The van der Waals surface area contributed by atoms with Crippen molar-refractivity contribution in [1.82, 2.24) is 0 Å². The minimum atomic E-state index is -0.710. The van der Waals surface area contributed by atoms with Crippen LogP contribution in [0, 0.1) is 5.92 Å². The molecule has 66 valence electrons. The minimum Gasteiger partial charge on any atom is -0.481 e.